The van der Waals surface area contributed by atoms with Crippen LogP contribution in [-0.2, 0) is 14.4 Å². The molecule has 0 aromatic heterocycles. The number of likely N-dealkylation sites (tertiary alicyclic amines) is 2. The number of hydrogen-bond acceptors (Lipinski definition) is 4. The van der Waals surface area contributed by atoms with Crippen LogP contribution in [0.15, 0.2) is 24.3 Å². The number of carbonyl (C=O) groups is 3. The van der Waals surface area contributed by atoms with Gasteiger partial charge in [0, 0.05) is 13.1 Å². The van der Waals surface area contributed by atoms with Crippen molar-refractivity contribution < 1.29 is 24.0 Å². The molecule has 3 aliphatic heterocycles. The van der Waals surface area contributed by atoms with Crippen LogP contribution in [0.3, 0.4) is 0 Å². The Morgan fingerprint density at radius 3 is 2.57 bits per heavy atom. The highest BCUT2D eigenvalue weighted by Gasteiger charge is 2.47. The molecule has 30 heavy (non-hydrogen) atoms. The topological polar surface area (TPSA) is 71.4 Å². The predicted molar refractivity (Wildman–Crippen MR) is 112 cm³/mol. The van der Waals surface area contributed by atoms with E-state index in [9.17, 15) is 14.4 Å². The largest absolute Gasteiger partial charge is 0.494 e. The van der Waals surface area contributed by atoms with Gasteiger partial charge in [-0.15, -0.1) is 0 Å². The molecule has 1 aromatic carbocycles. The second-order valence-corrected chi connectivity index (χ2v) is 8.65. The van der Waals surface area contributed by atoms with E-state index in [2.05, 4.69) is 0 Å². The Bertz CT molecular complexity index is 788. The van der Waals surface area contributed by atoms with Crippen LogP contribution in [0.4, 0.5) is 5.69 Å². The van der Waals surface area contributed by atoms with Crippen LogP contribution >= 0.6 is 0 Å². The average molecular weight is 415 g/mol. The molecule has 162 valence electrons. The second-order valence-electron chi connectivity index (χ2n) is 8.65. The number of amides is 3. The monoisotopic (exact) mass is 414 g/mol. The van der Waals surface area contributed by atoms with Gasteiger partial charge < -0.3 is 14.5 Å². The van der Waals surface area contributed by atoms with Crippen LogP contribution in [0.25, 0.3) is 0 Å². The van der Waals surface area contributed by atoms with Crippen molar-refractivity contribution in [2.75, 3.05) is 37.7 Å². The van der Waals surface area contributed by atoms with Gasteiger partial charge in [-0.3, -0.25) is 14.4 Å². The summed E-state index contributed by atoms with van der Waals surface area (Å²) in [6.45, 7) is 5.89. The zero-order valence-corrected chi connectivity index (χ0v) is 17.8. The van der Waals surface area contributed by atoms with Gasteiger partial charge in [0.25, 0.3) is 5.91 Å². The number of rotatable bonds is 6. The molecular weight excluding hydrogens is 382 g/mol. The molecule has 3 atom stereocenters. The number of anilines is 1. The molecule has 4 rings (SSSR count). The second kappa shape index (κ2) is 9.16. The number of ether oxygens (including phenoxy) is 1. The Morgan fingerprint density at radius 1 is 1.13 bits per heavy atom. The summed E-state index contributed by atoms with van der Waals surface area (Å²) in [6, 6.07) is 6.76. The predicted octanol–water partition coefficient (Wildman–Crippen LogP) is 1.02. The molecule has 0 saturated carbocycles. The van der Waals surface area contributed by atoms with Crippen molar-refractivity contribution >= 4 is 23.4 Å². The van der Waals surface area contributed by atoms with Crippen LogP contribution < -0.4 is 14.5 Å². The fraction of sp³-hybridized carbons (Fsp3) is 0.609. The van der Waals surface area contributed by atoms with E-state index in [1.54, 1.807) is 24.3 Å². The third-order valence-corrected chi connectivity index (χ3v) is 6.53. The standard InChI is InChI=1S/C23H31N3O4/c1-2-14-30-19-9-7-18(8-10-19)26-21(27)15-20(23(26)29)25-13-5-6-17(16-25)22(28)24-11-3-4-12-24/h7-10,17,20H,2-6,11-16H2,1H3/p+1/t17-,20-/m0/s1. The van der Waals surface area contributed by atoms with Gasteiger partial charge in [-0.2, -0.15) is 0 Å². The highest BCUT2D eigenvalue weighted by molar-refractivity contribution is 6.21. The number of nitrogens with one attached hydrogen (secondary N) is 1. The maximum absolute atomic E-state index is 13.2. The van der Waals surface area contributed by atoms with Gasteiger partial charge >= 0.3 is 0 Å². The van der Waals surface area contributed by atoms with Crippen molar-refractivity contribution in [3.8, 4) is 5.75 Å². The van der Waals surface area contributed by atoms with Crippen molar-refractivity contribution in [2.24, 2.45) is 5.92 Å². The van der Waals surface area contributed by atoms with Crippen molar-refractivity contribution in [3.05, 3.63) is 24.3 Å². The van der Waals surface area contributed by atoms with Gasteiger partial charge in [0.15, 0.2) is 6.04 Å². The summed E-state index contributed by atoms with van der Waals surface area (Å²) >= 11 is 0. The lowest BCUT2D eigenvalue weighted by molar-refractivity contribution is -0.922. The molecule has 3 fully saturated rings. The molecule has 1 unspecified atom stereocenters. The van der Waals surface area contributed by atoms with E-state index < -0.39 is 0 Å². The van der Waals surface area contributed by atoms with Crippen molar-refractivity contribution in [3.63, 3.8) is 0 Å². The maximum atomic E-state index is 13.2. The first-order valence-corrected chi connectivity index (χ1v) is 11.3. The average Bonchev–Trinajstić information content (AvgIpc) is 3.40. The van der Waals surface area contributed by atoms with Crippen molar-refractivity contribution in [1.29, 1.82) is 0 Å². The number of nitrogens with zero attached hydrogens (tertiary/aromatic N) is 2. The zero-order chi connectivity index (χ0) is 21.1. The third kappa shape index (κ3) is 4.21. The SMILES string of the molecule is CCCOc1ccc(N2C(=O)C[C@H]([NH+]3CCC[C@H](C(=O)N4CCCC4)C3)C2=O)cc1. The summed E-state index contributed by atoms with van der Waals surface area (Å²) in [5.74, 6) is 0.639. The minimum Gasteiger partial charge on any atom is -0.494 e. The minimum atomic E-state index is -0.386. The lowest BCUT2D eigenvalue weighted by atomic mass is 9.95. The molecule has 1 N–H and O–H groups in total. The first kappa shape index (κ1) is 20.8. The molecule has 0 spiro atoms. The third-order valence-electron chi connectivity index (χ3n) is 6.53. The summed E-state index contributed by atoms with van der Waals surface area (Å²) in [4.78, 5) is 43.1. The lowest BCUT2D eigenvalue weighted by Gasteiger charge is -2.33. The Morgan fingerprint density at radius 2 is 1.87 bits per heavy atom. The fourth-order valence-corrected chi connectivity index (χ4v) is 4.95. The van der Waals surface area contributed by atoms with Crippen LogP contribution in [0.2, 0.25) is 0 Å². The van der Waals surface area contributed by atoms with Crippen LogP contribution in [0.5, 0.6) is 5.75 Å². The Balaban J connectivity index is 1.42. The number of benzene rings is 1. The summed E-state index contributed by atoms with van der Waals surface area (Å²) in [5, 5.41) is 0. The minimum absolute atomic E-state index is 0.0289. The van der Waals surface area contributed by atoms with Gasteiger partial charge in [0.05, 0.1) is 37.7 Å². The summed E-state index contributed by atoms with van der Waals surface area (Å²) in [5.41, 5.74) is 0.595. The molecule has 3 saturated heterocycles. The van der Waals surface area contributed by atoms with Crippen LogP contribution in [0, 0.1) is 5.92 Å². The van der Waals surface area contributed by atoms with Crippen molar-refractivity contribution in [1.82, 2.24) is 4.90 Å². The van der Waals surface area contributed by atoms with E-state index in [0.717, 1.165) is 62.4 Å². The van der Waals surface area contributed by atoms with E-state index in [1.807, 2.05) is 11.8 Å². The molecule has 3 heterocycles. The Labute approximate surface area is 177 Å². The molecule has 0 aliphatic carbocycles. The molecule has 3 amide bonds. The van der Waals surface area contributed by atoms with Gasteiger partial charge in [-0.05, 0) is 56.4 Å². The van der Waals surface area contributed by atoms with Gasteiger partial charge in [0.2, 0.25) is 11.8 Å². The van der Waals surface area contributed by atoms with Gasteiger partial charge in [-0.25, -0.2) is 4.90 Å². The van der Waals surface area contributed by atoms with E-state index in [-0.39, 0.29) is 36.1 Å². The number of piperidine rings is 1. The number of hydrogen-bond donors (Lipinski definition) is 1. The smallest absolute Gasteiger partial charge is 0.292 e. The Hall–Kier alpha value is -2.41. The Kier molecular flexibility index (Phi) is 6.37. The highest BCUT2D eigenvalue weighted by Crippen LogP contribution is 2.25. The first-order valence-electron chi connectivity index (χ1n) is 11.3. The molecule has 1 aromatic rings. The molecule has 7 nitrogen and oxygen atoms in total. The van der Waals surface area contributed by atoms with E-state index in [1.165, 1.54) is 4.90 Å². The molecule has 7 heteroatoms. The molecule has 0 bridgehead atoms. The van der Waals surface area contributed by atoms with E-state index in [4.69, 9.17) is 4.74 Å². The summed E-state index contributed by atoms with van der Waals surface area (Å²) < 4.78 is 5.59. The van der Waals surface area contributed by atoms with Crippen LogP contribution in [0.1, 0.15) is 45.4 Å². The number of carbonyl (C=O) groups excluding carboxylic acids is 3. The van der Waals surface area contributed by atoms with Gasteiger partial charge in [0.1, 0.15) is 5.75 Å². The summed E-state index contributed by atoms with van der Waals surface area (Å²) in [7, 11) is 0. The number of imide groups is 1. The van der Waals surface area contributed by atoms with Gasteiger partial charge in [-0.1, -0.05) is 6.92 Å². The normalized spacial score (nSPS) is 27.0. The van der Waals surface area contributed by atoms with Crippen LogP contribution in [-0.4, -0.2) is 61.4 Å². The van der Waals surface area contributed by atoms with E-state index >= 15 is 0 Å². The van der Waals surface area contributed by atoms with Crippen molar-refractivity contribution in [2.45, 2.75) is 51.5 Å². The highest BCUT2D eigenvalue weighted by atomic mass is 16.5. The quantitative estimate of drug-likeness (QED) is 0.706. The zero-order valence-electron chi connectivity index (χ0n) is 17.8. The number of quaternary nitrogens is 1. The van der Waals surface area contributed by atoms with E-state index in [0.29, 0.717) is 18.8 Å². The lowest BCUT2D eigenvalue weighted by Crippen LogP contribution is -3.18. The molecule has 0 radical (unpaired) electrons. The molecular formula is C23H32N3O4+. The first-order chi connectivity index (χ1) is 14.6. The maximum Gasteiger partial charge on any atom is 0.292 e. The summed E-state index contributed by atoms with van der Waals surface area (Å²) in [6.07, 6.45) is 5.11. The fourth-order valence-electron chi connectivity index (χ4n) is 4.95. The molecule has 3 aliphatic rings.